The SMILES string of the molecule is COc1ccc(-c2cc(=O)c3cc(OC)c(CCCO)cc3o2)cc1. The van der Waals surface area contributed by atoms with Crippen molar-refractivity contribution in [3.8, 4) is 22.8 Å². The molecule has 0 saturated heterocycles. The number of fused-ring (bicyclic) bond motifs is 1. The molecule has 0 fully saturated rings. The first kappa shape index (κ1) is 17.0. The molecule has 1 N–H and O–H groups in total. The normalized spacial score (nSPS) is 10.8. The van der Waals surface area contributed by atoms with Crippen LogP contribution in [0.4, 0.5) is 0 Å². The number of aliphatic hydroxyl groups is 1. The average molecular weight is 340 g/mol. The van der Waals surface area contributed by atoms with E-state index in [1.807, 2.05) is 30.3 Å². The molecule has 5 nitrogen and oxygen atoms in total. The van der Waals surface area contributed by atoms with Gasteiger partial charge in [0.15, 0.2) is 5.43 Å². The van der Waals surface area contributed by atoms with Crippen molar-refractivity contribution in [1.29, 1.82) is 0 Å². The van der Waals surface area contributed by atoms with Crippen LogP contribution < -0.4 is 14.9 Å². The van der Waals surface area contributed by atoms with Crippen molar-refractivity contribution in [2.75, 3.05) is 20.8 Å². The fourth-order valence-corrected chi connectivity index (χ4v) is 2.78. The molecule has 0 aliphatic carbocycles. The lowest BCUT2D eigenvalue weighted by Gasteiger charge is -2.10. The first-order valence-electron chi connectivity index (χ1n) is 8.06. The zero-order chi connectivity index (χ0) is 17.8. The molecule has 3 rings (SSSR count). The molecule has 0 saturated carbocycles. The van der Waals surface area contributed by atoms with Gasteiger partial charge in [0.05, 0.1) is 19.6 Å². The van der Waals surface area contributed by atoms with E-state index in [0.29, 0.717) is 35.3 Å². The fourth-order valence-electron chi connectivity index (χ4n) is 2.78. The lowest BCUT2D eigenvalue weighted by Crippen LogP contribution is -2.03. The Kier molecular flexibility index (Phi) is 5.05. The quantitative estimate of drug-likeness (QED) is 0.745. The summed E-state index contributed by atoms with van der Waals surface area (Å²) in [6.07, 6.45) is 1.26. The van der Waals surface area contributed by atoms with Gasteiger partial charge in [-0.2, -0.15) is 0 Å². The zero-order valence-electron chi connectivity index (χ0n) is 14.2. The Morgan fingerprint density at radius 3 is 2.44 bits per heavy atom. The summed E-state index contributed by atoms with van der Waals surface area (Å²) in [7, 11) is 3.17. The van der Waals surface area contributed by atoms with E-state index >= 15 is 0 Å². The largest absolute Gasteiger partial charge is 0.497 e. The number of methoxy groups -OCH3 is 2. The minimum absolute atomic E-state index is 0.0943. The smallest absolute Gasteiger partial charge is 0.193 e. The van der Waals surface area contributed by atoms with Crippen LogP contribution in [0, 0.1) is 0 Å². The van der Waals surface area contributed by atoms with Crippen molar-refractivity contribution >= 4 is 11.0 Å². The van der Waals surface area contributed by atoms with Crippen molar-refractivity contribution < 1.29 is 19.0 Å². The van der Waals surface area contributed by atoms with Crippen LogP contribution in [0.2, 0.25) is 0 Å². The second-order valence-electron chi connectivity index (χ2n) is 5.69. The zero-order valence-corrected chi connectivity index (χ0v) is 14.2. The van der Waals surface area contributed by atoms with Crippen LogP contribution in [0.15, 0.2) is 51.7 Å². The predicted molar refractivity (Wildman–Crippen MR) is 96.4 cm³/mol. The lowest BCUT2D eigenvalue weighted by atomic mass is 10.0. The van der Waals surface area contributed by atoms with Gasteiger partial charge in [-0.05, 0) is 54.8 Å². The van der Waals surface area contributed by atoms with Gasteiger partial charge in [-0.3, -0.25) is 4.79 Å². The van der Waals surface area contributed by atoms with E-state index in [2.05, 4.69) is 0 Å². The van der Waals surface area contributed by atoms with Gasteiger partial charge in [0, 0.05) is 18.2 Å². The molecule has 0 aliphatic heterocycles. The van der Waals surface area contributed by atoms with Gasteiger partial charge < -0.3 is 19.0 Å². The van der Waals surface area contributed by atoms with Crippen molar-refractivity contribution in [3.63, 3.8) is 0 Å². The molecule has 1 aromatic heterocycles. The van der Waals surface area contributed by atoms with E-state index in [9.17, 15) is 4.79 Å². The van der Waals surface area contributed by atoms with Crippen molar-refractivity contribution in [3.05, 3.63) is 58.3 Å². The van der Waals surface area contributed by atoms with E-state index in [1.54, 1.807) is 20.3 Å². The van der Waals surface area contributed by atoms with Gasteiger partial charge in [-0.15, -0.1) is 0 Å². The van der Waals surface area contributed by atoms with E-state index < -0.39 is 0 Å². The van der Waals surface area contributed by atoms with Gasteiger partial charge in [-0.1, -0.05) is 0 Å². The number of benzene rings is 2. The molecule has 25 heavy (non-hydrogen) atoms. The van der Waals surface area contributed by atoms with Gasteiger partial charge >= 0.3 is 0 Å². The molecule has 1 heterocycles. The predicted octanol–water partition coefficient (Wildman–Crippen LogP) is 3.40. The molecule has 5 heteroatoms. The summed E-state index contributed by atoms with van der Waals surface area (Å²) in [5, 5.41) is 9.53. The van der Waals surface area contributed by atoms with Gasteiger partial charge in [0.1, 0.15) is 22.8 Å². The van der Waals surface area contributed by atoms with Crippen LogP contribution in [0.5, 0.6) is 11.5 Å². The Balaban J connectivity index is 2.11. The third-order valence-electron chi connectivity index (χ3n) is 4.11. The van der Waals surface area contributed by atoms with Crippen molar-refractivity contribution in [2.24, 2.45) is 0 Å². The number of rotatable bonds is 6. The van der Waals surface area contributed by atoms with Crippen molar-refractivity contribution in [1.82, 2.24) is 0 Å². The highest BCUT2D eigenvalue weighted by Crippen LogP contribution is 2.29. The maximum atomic E-state index is 12.5. The maximum absolute atomic E-state index is 12.5. The molecule has 0 atom stereocenters. The van der Waals surface area contributed by atoms with Crippen LogP contribution >= 0.6 is 0 Å². The van der Waals surface area contributed by atoms with Gasteiger partial charge in [0.2, 0.25) is 0 Å². The Hall–Kier alpha value is -2.79. The molecule has 2 aromatic carbocycles. The van der Waals surface area contributed by atoms with E-state index in [-0.39, 0.29) is 12.0 Å². The molecule has 0 unspecified atom stereocenters. The summed E-state index contributed by atoms with van der Waals surface area (Å²) in [5.41, 5.74) is 2.08. The molecule has 0 aliphatic rings. The maximum Gasteiger partial charge on any atom is 0.193 e. The van der Waals surface area contributed by atoms with Gasteiger partial charge in [0.25, 0.3) is 0 Å². The van der Waals surface area contributed by atoms with E-state index in [0.717, 1.165) is 16.9 Å². The first-order chi connectivity index (χ1) is 12.2. The fraction of sp³-hybridized carbons (Fsp3) is 0.250. The first-order valence-corrected chi connectivity index (χ1v) is 8.06. The molecule has 0 radical (unpaired) electrons. The number of aryl methyl sites for hydroxylation is 1. The minimum atomic E-state index is -0.126. The average Bonchev–Trinajstić information content (AvgIpc) is 2.65. The highest BCUT2D eigenvalue weighted by Gasteiger charge is 2.12. The topological polar surface area (TPSA) is 68.9 Å². The summed E-state index contributed by atoms with van der Waals surface area (Å²) in [6, 6.07) is 12.3. The highest BCUT2D eigenvalue weighted by atomic mass is 16.5. The van der Waals surface area contributed by atoms with E-state index in [1.165, 1.54) is 6.07 Å². The summed E-state index contributed by atoms with van der Waals surface area (Å²) in [4.78, 5) is 12.5. The number of hydrogen-bond acceptors (Lipinski definition) is 5. The number of aliphatic hydroxyl groups excluding tert-OH is 1. The Morgan fingerprint density at radius 1 is 1.04 bits per heavy atom. The van der Waals surface area contributed by atoms with E-state index in [4.69, 9.17) is 19.0 Å². The summed E-state index contributed by atoms with van der Waals surface area (Å²) >= 11 is 0. The molecule has 0 bridgehead atoms. The third-order valence-corrected chi connectivity index (χ3v) is 4.11. The Morgan fingerprint density at radius 2 is 1.80 bits per heavy atom. The standard InChI is InChI=1S/C20H20O5/c1-23-15-7-5-13(6-8-15)19-12-17(22)16-11-18(24-2)14(4-3-9-21)10-20(16)25-19/h5-8,10-12,21H,3-4,9H2,1-2H3. The Bertz CT molecular complexity index is 925. The molecule has 0 amide bonds. The summed E-state index contributed by atoms with van der Waals surface area (Å²) in [5.74, 6) is 1.87. The lowest BCUT2D eigenvalue weighted by molar-refractivity contribution is 0.287. The molecule has 3 aromatic rings. The highest BCUT2D eigenvalue weighted by molar-refractivity contribution is 5.81. The number of hydrogen-bond donors (Lipinski definition) is 1. The van der Waals surface area contributed by atoms with Crippen LogP contribution in [0.3, 0.4) is 0 Å². The summed E-state index contributed by atoms with van der Waals surface area (Å²) < 4.78 is 16.5. The molecular weight excluding hydrogens is 320 g/mol. The molecule has 130 valence electrons. The van der Waals surface area contributed by atoms with Gasteiger partial charge in [-0.25, -0.2) is 0 Å². The minimum Gasteiger partial charge on any atom is -0.497 e. The van der Waals surface area contributed by atoms with Crippen LogP contribution in [-0.4, -0.2) is 25.9 Å². The monoisotopic (exact) mass is 340 g/mol. The molecule has 0 spiro atoms. The third kappa shape index (κ3) is 3.51. The number of ether oxygens (including phenoxy) is 2. The van der Waals surface area contributed by atoms with Crippen LogP contribution in [0.25, 0.3) is 22.3 Å². The van der Waals surface area contributed by atoms with Crippen molar-refractivity contribution in [2.45, 2.75) is 12.8 Å². The Labute approximate surface area is 145 Å². The second kappa shape index (κ2) is 7.40. The molecular formula is C20H20O5. The second-order valence-corrected chi connectivity index (χ2v) is 5.69. The van der Waals surface area contributed by atoms with Crippen LogP contribution in [0.1, 0.15) is 12.0 Å². The van der Waals surface area contributed by atoms with Crippen LogP contribution in [-0.2, 0) is 6.42 Å². The summed E-state index contributed by atoms with van der Waals surface area (Å²) in [6.45, 7) is 0.0943.